The highest BCUT2D eigenvalue weighted by Crippen LogP contribution is 2.37. The van der Waals surface area contributed by atoms with Crippen molar-refractivity contribution in [2.24, 2.45) is 0 Å². The second-order valence-corrected chi connectivity index (χ2v) is 7.26. The Balaban J connectivity index is 2.34. The molecule has 6 nitrogen and oxygen atoms in total. The van der Waals surface area contributed by atoms with Crippen molar-refractivity contribution in [3.63, 3.8) is 0 Å². The van der Waals surface area contributed by atoms with Crippen molar-refractivity contribution in [2.75, 3.05) is 11.9 Å². The fourth-order valence-corrected chi connectivity index (χ4v) is 3.03. The van der Waals surface area contributed by atoms with E-state index in [1.165, 1.54) is 13.0 Å². The number of anilines is 1. The highest BCUT2D eigenvalue weighted by Gasteiger charge is 2.15. The molecule has 28 heavy (non-hydrogen) atoms. The molecule has 2 aromatic rings. The molecule has 0 unspecified atom stereocenters. The number of benzene rings is 2. The van der Waals surface area contributed by atoms with Crippen molar-refractivity contribution < 1.29 is 19.1 Å². The van der Waals surface area contributed by atoms with Gasteiger partial charge in [0, 0.05) is 17.1 Å². The Morgan fingerprint density at radius 3 is 2.46 bits per heavy atom. The van der Waals surface area contributed by atoms with Gasteiger partial charge >= 0.3 is 5.97 Å². The number of nitrogens with one attached hydrogen (secondary N) is 1. The van der Waals surface area contributed by atoms with E-state index < -0.39 is 11.9 Å². The standard InChI is InChI=1S/C20H16Br2N2O4/c1-3-27-18-10-13(9-17(22)19(18)28-12(2)25)8-14(11-23)20(26)24-16-6-4-15(21)5-7-16/h4-10H,3H2,1-2H3,(H,24,26)/b14-8-. The molecular formula is C20H16Br2N2O4. The normalized spacial score (nSPS) is 10.8. The van der Waals surface area contributed by atoms with E-state index in [1.807, 2.05) is 6.07 Å². The molecule has 8 heteroatoms. The van der Waals surface area contributed by atoms with Crippen LogP contribution in [-0.2, 0) is 9.59 Å². The highest BCUT2D eigenvalue weighted by molar-refractivity contribution is 9.10. The summed E-state index contributed by atoms with van der Waals surface area (Å²) < 4.78 is 12.0. The zero-order valence-electron chi connectivity index (χ0n) is 15.1. The van der Waals surface area contributed by atoms with Crippen molar-refractivity contribution in [1.82, 2.24) is 0 Å². The van der Waals surface area contributed by atoms with Gasteiger partial charge in [-0.15, -0.1) is 0 Å². The maximum atomic E-state index is 12.4. The van der Waals surface area contributed by atoms with E-state index in [4.69, 9.17) is 9.47 Å². The number of carbonyl (C=O) groups is 2. The van der Waals surface area contributed by atoms with Gasteiger partial charge in [-0.25, -0.2) is 0 Å². The number of nitriles is 1. The number of hydrogen-bond donors (Lipinski definition) is 1. The van der Waals surface area contributed by atoms with Gasteiger partial charge in [0.2, 0.25) is 0 Å². The summed E-state index contributed by atoms with van der Waals surface area (Å²) in [4.78, 5) is 23.7. The Morgan fingerprint density at radius 1 is 1.21 bits per heavy atom. The van der Waals surface area contributed by atoms with Crippen molar-refractivity contribution in [3.8, 4) is 17.6 Å². The molecule has 2 aromatic carbocycles. The minimum Gasteiger partial charge on any atom is -0.490 e. The van der Waals surface area contributed by atoms with Gasteiger partial charge < -0.3 is 14.8 Å². The molecular weight excluding hydrogens is 492 g/mol. The Hall–Kier alpha value is -2.63. The van der Waals surface area contributed by atoms with E-state index in [-0.39, 0.29) is 11.3 Å². The molecule has 0 spiro atoms. The largest absolute Gasteiger partial charge is 0.490 e. The Morgan fingerprint density at radius 2 is 1.89 bits per heavy atom. The molecule has 1 N–H and O–H groups in total. The van der Waals surface area contributed by atoms with E-state index in [0.717, 1.165) is 4.47 Å². The predicted molar refractivity (Wildman–Crippen MR) is 113 cm³/mol. The van der Waals surface area contributed by atoms with Crippen molar-refractivity contribution in [3.05, 3.63) is 56.5 Å². The van der Waals surface area contributed by atoms with Crippen LogP contribution in [0.15, 0.2) is 50.9 Å². The second-order valence-electron chi connectivity index (χ2n) is 5.49. The summed E-state index contributed by atoms with van der Waals surface area (Å²) >= 11 is 6.65. The maximum absolute atomic E-state index is 12.4. The van der Waals surface area contributed by atoms with E-state index in [9.17, 15) is 14.9 Å². The van der Waals surface area contributed by atoms with Crippen LogP contribution in [0.5, 0.6) is 11.5 Å². The fourth-order valence-electron chi connectivity index (χ4n) is 2.22. The molecule has 0 aliphatic rings. The first-order chi connectivity index (χ1) is 13.3. The topological polar surface area (TPSA) is 88.4 Å². The number of carbonyl (C=O) groups excluding carboxylic acids is 2. The Labute approximate surface area is 179 Å². The average molecular weight is 508 g/mol. The van der Waals surface area contributed by atoms with Crippen LogP contribution in [-0.4, -0.2) is 18.5 Å². The van der Waals surface area contributed by atoms with E-state index in [2.05, 4.69) is 37.2 Å². The van der Waals surface area contributed by atoms with Crippen molar-refractivity contribution in [2.45, 2.75) is 13.8 Å². The van der Waals surface area contributed by atoms with Gasteiger partial charge in [0.25, 0.3) is 5.91 Å². The van der Waals surface area contributed by atoms with Gasteiger partial charge in [-0.3, -0.25) is 9.59 Å². The maximum Gasteiger partial charge on any atom is 0.308 e. The number of esters is 1. The van der Waals surface area contributed by atoms with Gasteiger partial charge in [-0.2, -0.15) is 5.26 Å². The molecule has 0 radical (unpaired) electrons. The van der Waals surface area contributed by atoms with Crippen LogP contribution in [0.25, 0.3) is 6.08 Å². The quantitative estimate of drug-likeness (QED) is 0.255. The smallest absolute Gasteiger partial charge is 0.308 e. The summed E-state index contributed by atoms with van der Waals surface area (Å²) in [6.45, 7) is 3.43. The molecule has 0 bridgehead atoms. The number of halogens is 2. The van der Waals surface area contributed by atoms with E-state index >= 15 is 0 Å². The first-order valence-corrected chi connectivity index (χ1v) is 9.76. The number of rotatable bonds is 6. The third kappa shape index (κ3) is 5.94. The molecule has 0 aliphatic heterocycles. The third-order valence-corrected chi connectivity index (χ3v) is 4.47. The lowest BCUT2D eigenvalue weighted by molar-refractivity contribution is -0.132. The SMILES string of the molecule is CCOc1cc(/C=C(/C#N)C(=O)Nc2ccc(Br)cc2)cc(Br)c1OC(C)=O. The molecule has 144 valence electrons. The minimum atomic E-state index is -0.539. The van der Waals surface area contributed by atoms with Crippen LogP contribution in [0.1, 0.15) is 19.4 Å². The van der Waals surface area contributed by atoms with Crippen LogP contribution in [0.4, 0.5) is 5.69 Å². The second kappa shape index (κ2) is 10.1. The minimum absolute atomic E-state index is 0.0856. The van der Waals surface area contributed by atoms with Crippen LogP contribution in [0.3, 0.4) is 0 Å². The molecule has 1 amide bonds. The molecule has 0 aliphatic carbocycles. The number of ether oxygens (including phenoxy) is 2. The van der Waals surface area contributed by atoms with Gasteiger partial charge in [0.15, 0.2) is 11.5 Å². The average Bonchev–Trinajstić information content (AvgIpc) is 2.64. The van der Waals surface area contributed by atoms with E-state index in [1.54, 1.807) is 43.3 Å². The number of nitrogens with zero attached hydrogens (tertiary/aromatic N) is 1. The monoisotopic (exact) mass is 506 g/mol. The fraction of sp³-hybridized carbons (Fsp3) is 0.150. The summed E-state index contributed by atoms with van der Waals surface area (Å²) in [6.07, 6.45) is 1.43. The Bertz CT molecular complexity index is 963. The summed E-state index contributed by atoms with van der Waals surface area (Å²) in [6, 6.07) is 12.1. The molecule has 0 saturated carbocycles. The zero-order chi connectivity index (χ0) is 20.7. The number of amides is 1. The van der Waals surface area contributed by atoms with Crippen molar-refractivity contribution >= 4 is 55.5 Å². The van der Waals surface area contributed by atoms with Crippen LogP contribution >= 0.6 is 31.9 Å². The molecule has 0 aromatic heterocycles. The third-order valence-electron chi connectivity index (χ3n) is 3.36. The Kier molecular flexibility index (Phi) is 7.79. The lowest BCUT2D eigenvalue weighted by Gasteiger charge is -2.12. The van der Waals surface area contributed by atoms with Gasteiger partial charge in [0.05, 0.1) is 11.1 Å². The lowest BCUT2D eigenvalue weighted by Crippen LogP contribution is -2.13. The van der Waals surface area contributed by atoms with Gasteiger partial charge in [-0.1, -0.05) is 15.9 Å². The molecule has 0 atom stereocenters. The lowest BCUT2D eigenvalue weighted by atomic mass is 10.1. The first-order valence-electron chi connectivity index (χ1n) is 8.17. The first kappa shape index (κ1) is 21.7. The zero-order valence-corrected chi connectivity index (χ0v) is 18.3. The highest BCUT2D eigenvalue weighted by atomic mass is 79.9. The summed E-state index contributed by atoms with van der Waals surface area (Å²) in [5.41, 5.74) is 1.02. The van der Waals surface area contributed by atoms with Crippen LogP contribution in [0, 0.1) is 11.3 Å². The molecule has 0 fully saturated rings. The predicted octanol–water partition coefficient (Wildman–Crippen LogP) is 5.08. The van der Waals surface area contributed by atoms with Crippen LogP contribution < -0.4 is 14.8 Å². The number of hydrogen-bond acceptors (Lipinski definition) is 5. The van der Waals surface area contributed by atoms with Gasteiger partial charge in [-0.05, 0) is 70.9 Å². The summed E-state index contributed by atoms with van der Waals surface area (Å²) in [5.74, 6) is -0.465. The van der Waals surface area contributed by atoms with Crippen LogP contribution in [0.2, 0.25) is 0 Å². The van der Waals surface area contributed by atoms with Gasteiger partial charge in [0.1, 0.15) is 11.6 Å². The summed E-state index contributed by atoms with van der Waals surface area (Å²) in [5, 5.41) is 12.1. The molecule has 2 rings (SSSR count). The van der Waals surface area contributed by atoms with Crippen molar-refractivity contribution in [1.29, 1.82) is 5.26 Å². The van der Waals surface area contributed by atoms with E-state index in [0.29, 0.717) is 28.1 Å². The molecule has 0 heterocycles. The summed E-state index contributed by atoms with van der Waals surface area (Å²) in [7, 11) is 0. The molecule has 0 saturated heterocycles.